The Morgan fingerprint density at radius 2 is 2.17 bits per heavy atom. The second-order valence-electron chi connectivity index (χ2n) is 2.46. The summed E-state index contributed by atoms with van der Waals surface area (Å²) in [6.07, 6.45) is 2.48. The molecule has 1 rings (SSSR count). The van der Waals surface area contributed by atoms with Gasteiger partial charge in [-0.3, -0.25) is 0 Å². The second-order valence-corrected chi connectivity index (χ2v) is 4.03. The molecule has 0 saturated carbocycles. The van der Waals surface area contributed by atoms with Crippen molar-refractivity contribution >= 4 is 10.1 Å². The van der Waals surface area contributed by atoms with E-state index in [1.54, 1.807) is 12.1 Å². The van der Waals surface area contributed by atoms with Crippen molar-refractivity contribution in [2.45, 2.75) is 6.92 Å². The van der Waals surface area contributed by atoms with E-state index in [9.17, 15) is 8.42 Å². The molecule has 0 aromatic carbocycles. The Morgan fingerprint density at radius 1 is 1.50 bits per heavy atom. The van der Waals surface area contributed by atoms with Gasteiger partial charge in [0, 0.05) is 12.3 Å². The molecule has 5 heteroatoms. The molecular formula is C7H9NO3S. The van der Waals surface area contributed by atoms with Gasteiger partial charge in [0.25, 0.3) is 0 Å². The topological polar surface area (TPSA) is 56.3 Å². The summed E-state index contributed by atoms with van der Waals surface area (Å²) in [5, 5.41) is 0. The summed E-state index contributed by atoms with van der Waals surface area (Å²) in [6.45, 7) is 1.83. The number of hydrogen-bond donors (Lipinski definition) is 0. The van der Waals surface area contributed by atoms with E-state index in [0.29, 0.717) is 0 Å². The first-order chi connectivity index (χ1) is 5.47. The van der Waals surface area contributed by atoms with E-state index in [1.165, 1.54) is 6.20 Å². The van der Waals surface area contributed by atoms with Crippen LogP contribution in [-0.4, -0.2) is 19.7 Å². The monoisotopic (exact) mass is 187 g/mol. The summed E-state index contributed by atoms with van der Waals surface area (Å²) in [5.41, 5.74) is 0.906. The molecule has 0 aliphatic heterocycles. The molecule has 0 atom stereocenters. The van der Waals surface area contributed by atoms with Gasteiger partial charge in [-0.15, -0.1) is 0 Å². The van der Waals surface area contributed by atoms with Crippen molar-refractivity contribution in [3.8, 4) is 5.88 Å². The van der Waals surface area contributed by atoms with Crippen molar-refractivity contribution < 1.29 is 12.6 Å². The average Bonchev–Trinajstić information content (AvgIpc) is 1.82. The molecule has 0 unspecified atom stereocenters. The minimum Gasteiger partial charge on any atom is -0.362 e. The molecule has 0 radical (unpaired) electrons. The molecule has 0 fully saturated rings. The fourth-order valence-corrected chi connectivity index (χ4v) is 1.11. The van der Waals surface area contributed by atoms with Crippen molar-refractivity contribution in [1.82, 2.24) is 4.98 Å². The van der Waals surface area contributed by atoms with E-state index in [0.717, 1.165) is 11.8 Å². The molecular weight excluding hydrogens is 178 g/mol. The zero-order valence-corrected chi connectivity index (χ0v) is 7.63. The standard InChI is InChI=1S/C7H9NO3S/c1-6-3-4-8-7(5-6)11-12(2,9)10/h3-5H,1-2H3. The van der Waals surface area contributed by atoms with Crippen LogP contribution in [0.3, 0.4) is 0 Å². The van der Waals surface area contributed by atoms with Crippen molar-refractivity contribution in [2.75, 3.05) is 6.26 Å². The van der Waals surface area contributed by atoms with E-state index in [4.69, 9.17) is 0 Å². The van der Waals surface area contributed by atoms with Crippen LogP contribution in [0.2, 0.25) is 0 Å². The van der Waals surface area contributed by atoms with Gasteiger partial charge < -0.3 is 4.18 Å². The number of rotatable bonds is 2. The molecule has 1 aromatic heterocycles. The van der Waals surface area contributed by atoms with Gasteiger partial charge in [-0.25, -0.2) is 4.98 Å². The number of nitrogens with zero attached hydrogens (tertiary/aromatic N) is 1. The van der Waals surface area contributed by atoms with Crippen LogP contribution in [0.15, 0.2) is 18.3 Å². The van der Waals surface area contributed by atoms with Crippen LogP contribution < -0.4 is 4.18 Å². The van der Waals surface area contributed by atoms with Gasteiger partial charge in [-0.2, -0.15) is 8.42 Å². The van der Waals surface area contributed by atoms with Gasteiger partial charge in [0.15, 0.2) is 0 Å². The Kier molecular flexibility index (Phi) is 2.32. The Hall–Kier alpha value is -1.10. The molecule has 0 N–H and O–H groups in total. The molecule has 0 saturated heterocycles. The van der Waals surface area contributed by atoms with Crippen molar-refractivity contribution in [2.24, 2.45) is 0 Å². The normalized spacial score (nSPS) is 11.2. The van der Waals surface area contributed by atoms with E-state index in [2.05, 4.69) is 9.17 Å². The number of pyridine rings is 1. The highest BCUT2D eigenvalue weighted by Gasteiger charge is 2.04. The minimum absolute atomic E-state index is 0.109. The zero-order valence-electron chi connectivity index (χ0n) is 6.81. The number of hydrogen-bond acceptors (Lipinski definition) is 4. The lowest BCUT2D eigenvalue weighted by atomic mass is 10.3. The summed E-state index contributed by atoms with van der Waals surface area (Å²) >= 11 is 0. The Bertz CT molecular complexity index is 372. The van der Waals surface area contributed by atoms with Crippen LogP contribution in [0, 0.1) is 6.92 Å². The highest BCUT2D eigenvalue weighted by Crippen LogP contribution is 2.09. The van der Waals surface area contributed by atoms with Gasteiger partial charge in [-0.1, -0.05) is 0 Å². The summed E-state index contributed by atoms with van der Waals surface area (Å²) < 4.78 is 25.8. The maximum absolute atomic E-state index is 10.6. The lowest BCUT2D eigenvalue weighted by Crippen LogP contribution is -2.06. The van der Waals surface area contributed by atoms with E-state index in [1.807, 2.05) is 6.92 Å². The second kappa shape index (κ2) is 3.10. The van der Waals surface area contributed by atoms with E-state index < -0.39 is 10.1 Å². The van der Waals surface area contributed by atoms with Crippen molar-refractivity contribution in [1.29, 1.82) is 0 Å². The van der Waals surface area contributed by atoms with Gasteiger partial charge in [0.1, 0.15) is 0 Å². The van der Waals surface area contributed by atoms with Crippen molar-refractivity contribution in [3.05, 3.63) is 23.9 Å². The zero-order chi connectivity index (χ0) is 9.19. The van der Waals surface area contributed by atoms with Gasteiger partial charge in [0.2, 0.25) is 5.88 Å². The molecule has 1 aromatic rings. The average molecular weight is 187 g/mol. The predicted molar refractivity (Wildman–Crippen MR) is 44.4 cm³/mol. The van der Waals surface area contributed by atoms with E-state index in [-0.39, 0.29) is 5.88 Å². The van der Waals surface area contributed by atoms with Crippen LogP contribution in [0.25, 0.3) is 0 Å². The highest BCUT2D eigenvalue weighted by molar-refractivity contribution is 7.86. The molecule has 0 amide bonds. The van der Waals surface area contributed by atoms with Gasteiger partial charge >= 0.3 is 10.1 Å². The maximum atomic E-state index is 10.6. The third-order valence-corrected chi connectivity index (χ3v) is 1.60. The third-order valence-electron chi connectivity index (χ3n) is 1.13. The smallest absolute Gasteiger partial charge is 0.307 e. The van der Waals surface area contributed by atoms with Crippen LogP contribution >= 0.6 is 0 Å². The first-order valence-electron chi connectivity index (χ1n) is 3.29. The molecule has 0 bridgehead atoms. The molecule has 0 spiro atoms. The van der Waals surface area contributed by atoms with Gasteiger partial charge in [0.05, 0.1) is 6.26 Å². The van der Waals surface area contributed by atoms with Crippen molar-refractivity contribution in [3.63, 3.8) is 0 Å². The molecule has 4 nitrogen and oxygen atoms in total. The summed E-state index contributed by atoms with van der Waals surface area (Å²) in [7, 11) is -3.46. The summed E-state index contributed by atoms with van der Waals surface area (Å²) in [4.78, 5) is 3.72. The largest absolute Gasteiger partial charge is 0.362 e. The van der Waals surface area contributed by atoms with Crippen LogP contribution in [0.4, 0.5) is 0 Å². The third kappa shape index (κ3) is 2.87. The summed E-state index contributed by atoms with van der Waals surface area (Å²) in [6, 6.07) is 3.32. The van der Waals surface area contributed by atoms with Crippen LogP contribution in [0.1, 0.15) is 5.56 Å². The predicted octanol–water partition coefficient (Wildman–Crippen LogP) is 0.728. The summed E-state index contributed by atoms with van der Waals surface area (Å²) in [5.74, 6) is 0.109. The number of aromatic nitrogens is 1. The van der Waals surface area contributed by atoms with Crippen LogP contribution in [0.5, 0.6) is 5.88 Å². The molecule has 12 heavy (non-hydrogen) atoms. The van der Waals surface area contributed by atoms with Gasteiger partial charge in [-0.05, 0) is 18.6 Å². The number of aryl methyl sites for hydroxylation is 1. The Morgan fingerprint density at radius 3 is 2.67 bits per heavy atom. The molecule has 1 heterocycles. The Labute approximate surface area is 71.3 Å². The first-order valence-corrected chi connectivity index (χ1v) is 5.11. The fraction of sp³-hybridized carbons (Fsp3) is 0.286. The van der Waals surface area contributed by atoms with E-state index >= 15 is 0 Å². The molecule has 0 aliphatic carbocycles. The maximum Gasteiger partial charge on any atom is 0.307 e. The lowest BCUT2D eigenvalue weighted by Gasteiger charge is -2.00. The minimum atomic E-state index is -3.46. The SMILES string of the molecule is Cc1ccnc(OS(C)(=O)=O)c1. The quantitative estimate of drug-likeness (QED) is 0.640. The molecule has 66 valence electrons. The Balaban J connectivity index is 2.91. The highest BCUT2D eigenvalue weighted by atomic mass is 32.2. The molecule has 0 aliphatic rings. The lowest BCUT2D eigenvalue weighted by molar-refractivity contribution is 0.482. The first kappa shape index (κ1) is 8.99. The van der Waals surface area contributed by atoms with Crippen LogP contribution in [-0.2, 0) is 10.1 Å². The fourth-order valence-electron chi connectivity index (χ4n) is 0.709.